The number of nitrogens with zero attached hydrogens (tertiary/aromatic N) is 1. The van der Waals surface area contributed by atoms with Crippen LogP contribution in [0.2, 0.25) is 0 Å². The van der Waals surface area contributed by atoms with Crippen molar-refractivity contribution in [2.24, 2.45) is 0 Å². The summed E-state index contributed by atoms with van der Waals surface area (Å²) in [6.07, 6.45) is 2.31. The lowest BCUT2D eigenvalue weighted by Gasteiger charge is -2.58. The lowest BCUT2D eigenvalue weighted by Crippen LogP contribution is -2.52. The fraction of sp³-hybridized carbons (Fsp3) is 0.296. The van der Waals surface area contributed by atoms with Gasteiger partial charge in [-0.15, -0.1) is 0 Å². The first-order chi connectivity index (χ1) is 15.5. The van der Waals surface area contributed by atoms with E-state index < -0.39 is 0 Å². The van der Waals surface area contributed by atoms with Crippen molar-refractivity contribution < 1.29 is 10.2 Å². The Balaban J connectivity index is 1.42. The Kier molecular flexibility index (Phi) is 3.74. The van der Waals surface area contributed by atoms with Gasteiger partial charge in [-0.25, -0.2) is 0 Å². The van der Waals surface area contributed by atoms with Crippen LogP contribution in [0.3, 0.4) is 0 Å². The summed E-state index contributed by atoms with van der Waals surface area (Å²) >= 11 is 7.09. The molecule has 0 aromatic heterocycles. The molecule has 3 aromatic rings. The average Bonchev–Trinajstić information content (AvgIpc) is 3.37. The van der Waals surface area contributed by atoms with Crippen LogP contribution in [-0.2, 0) is 5.41 Å². The summed E-state index contributed by atoms with van der Waals surface area (Å²) in [5.74, 6) is 0.727. The molecule has 1 aliphatic heterocycles. The molecule has 3 unspecified atom stereocenters. The van der Waals surface area contributed by atoms with Crippen LogP contribution in [0.4, 0.5) is 0 Å². The third kappa shape index (κ3) is 2.07. The number of thioether (sulfide) groups is 1. The molecule has 1 heterocycles. The topological polar surface area (TPSA) is 43.7 Å². The Bertz CT molecular complexity index is 1340. The van der Waals surface area contributed by atoms with Crippen LogP contribution in [0.1, 0.15) is 63.6 Å². The number of phenolic OH excluding ortho intramolecular Hbond substituents is 2. The number of thiocarbonyl (C=S) groups is 1. The van der Waals surface area contributed by atoms with Gasteiger partial charge in [0.05, 0.1) is 4.90 Å². The number of phenols is 2. The summed E-state index contributed by atoms with van der Waals surface area (Å²) in [5.41, 5.74) is 8.08. The zero-order chi connectivity index (χ0) is 21.8. The Morgan fingerprint density at radius 1 is 0.969 bits per heavy atom. The van der Waals surface area contributed by atoms with E-state index in [1.165, 1.54) is 39.6 Å². The number of aromatic hydroxyl groups is 2. The number of rotatable bonds is 1. The Labute approximate surface area is 197 Å². The number of hydrogen-bond acceptors (Lipinski definition) is 4. The van der Waals surface area contributed by atoms with Gasteiger partial charge in [-0.05, 0) is 48.1 Å². The maximum atomic E-state index is 11.6. The summed E-state index contributed by atoms with van der Waals surface area (Å²) in [6, 6.07) is 17.0. The summed E-state index contributed by atoms with van der Waals surface area (Å²) in [4.78, 5) is 2.87. The fourth-order valence-electron chi connectivity index (χ4n) is 6.86. The number of hydrogen-bond donors (Lipinski definition) is 2. The van der Waals surface area contributed by atoms with Gasteiger partial charge in [-0.1, -0.05) is 72.0 Å². The van der Waals surface area contributed by atoms with Crippen LogP contribution >= 0.6 is 24.0 Å². The van der Waals surface area contributed by atoms with E-state index in [1.807, 2.05) is 0 Å². The van der Waals surface area contributed by atoms with Gasteiger partial charge in [-0.2, -0.15) is 0 Å². The van der Waals surface area contributed by atoms with Crippen molar-refractivity contribution in [2.75, 3.05) is 13.1 Å². The second-order valence-corrected chi connectivity index (χ2v) is 11.2. The molecule has 4 aliphatic rings. The molecular formula is C27H23NO2S2. The molecule has 3 aromatic carbocycles. The number of likely N-dealkylation sites (tertiary alicyclic amines) is 1. The van der Waals surface area contributed by atoms with Crippen LogP contribution in [0.5, 0.6) is 11.5 Å². The SMILES string of the molecule is Cc1ccc2c(c1)C1c3c(O)c(SC(=S)N4CCCC4)cc(O)c3C3c4ccccc4C231. The molecular weight excluding hydrogens is 434 g/mol. The molecule has 1 fully saturated rings. The minimum atomic E-state index is -0.171. The molecule has 2 N–H and O–H groups in total. The van der Waals surface area contributed by atoms with Crippen molar-refractivity contribution in [3.05, 3.63) is 87.5 Å². The lowest BCUT2D eigenvalue weighted by molar-refractivity contribution is 0.325. The van der Waals surface area contributed by atoms with E-state index in [1.54, 1.807) is 6.07 Å². The molecule has 0 radical (unpaired) electrons. The lowest BCUT2D eigenvalue weighted by atomic mass is 9.43. The van der Waals surface area contributed by atoms with E-state index in [0.29, 0.717) is 10.6 Å². The second-order valence-electron chi connectivity index (χ2n) is 9.54. The summed E-state index contributed by atoms with van der Waals surface area (Å²) in [5, 5.41) is 22.8. The predicted octanol–water partition coefficient (Wildman–Crippen LogP) is 5.77. The molecule has 3 atom stereocenters. The maximum absolute atomic E-state index is 11.6. The van der Waals surface area contributed by atoms with Gasteiger partial charge in [0.15, 0.2) is 0 Å². The van der Waals surface area contributed by atoms with E-state index >= 15 is 0 Å². The monoisotopic (exact) mass is 457 g/mol. The molecule has 1 saturated heterocycles. The third-order valence-electron chi connectivity index (χ3n) is 8.05. The highest BCUT2D eigenvalue weighted by molar-refractivity contribution is 8.23. The van der Waals surface area contributed by atoms with Gasteiger partial charge in [0.25, 0.3) is 0 Å². The van der Waals surface area contributed by atoms with Crippen LogP contribution in [-0.4, -0.2) is 32.5 Å². The van der Waals surface area contributed by atoms with Gasteiger partial charge >= 0.3 is 0 Å². The zero-order valence-electron chi connectivity index (χ0n) is 17.8. The normalized spacial score (nSPS) is 25.7. The standard InChI is InChI=1S/C27H23NO2S2/c1-14-8-9-18-16(12-14)24-22-21(23-15-6-2-3-7-17(15)27(18,23)24)19(29)13-20(25(22)30)32-26(31)28-10-4-5-11-28/h2-3,6-9,12-13,23-24,29-30H,4-5,10-11H2,1H3. The maximum Gasteiger partial charge on any atom is 0.141 e. The molecule has 0 saturated carbocycles. The van der Waals surface area contributed by atoms with Crippen molar-refractivity contribution >= 4 is 28.3 Å². The van der Waals surface area contributed by atoms with Gasteiger partial charge in [0.2, 0.25) is 0 Å². The van der Waals surface area contributed by atoms with Crippen LogP contribution < -0.4 is 0 Å². The average molecular weight is 458 g/mol. The molecule has 5 heteroatoms. The first-order valence-electron chi connectivity index (χ1n) is 11.3. The first kappa shape index (κ1) is 19.0. The van der Waals surface area contributed by atoms with Gasteiger partial charge in [0.1, 0.15) is 15.8 Å². The van der Waals surface area contributed by atoms with Crippen molar-refractivity contribution in [2.45, 2.75) is 41.9 Å². The molecule has 7 rings (SSSR count). The molecule has 160 valence electrons. The molecule has 3 nitrogen and oxygen atoms in total. The Morgan fingerprint density at radius 2 is 1.69 bits per heavy atom. The zero-order valence-corrected chi connectivity index (χ0v) is 19.4. The van der Waals surface area contributed by atoms with Crippen LogP contribution in [0.25, 0.3) is 0 Å². The summed E-state index contributed by atoms with van der Waals surface area (Å²) < 4.78 is 0.779. The van der Waals surface area contributed by atoms with Crippen molar-refractivity contribution in [1.29, 1.82) is 0 Å². The van der Waals surface area contributed by atoms with Crippen molar-refractivity contribution in [3.63, 3.8) is 0 Å². The highest BCUT2D eigenvalue weighted by Crippen LogP contribution is 2.79. The Hall–Kier alpha value is -2.50. The van der Waals surface area contributed by atoms with Gasteiger partial charge < -0.3 is 15.1 Å². The first-order valence-corrected chi connectivity index (χ1v) is 12.5. The van der Waals surface area contributed by atoms with Crippen LogP contribution in [0.15, 0.2) is 53.4 Å². The highest BCUT2D eigenvalue weighted by Gasteiger charge is 2.70. The Morgan fingerprint density at radius 3 is 2.50 bits per heavy atom. The smallest absolute Gasteiger partial charge is 0.141 e. The second kappa shape index (κ2) is 6.30. The molecule has 0 amide bonds. The van der Waals surface area contributed by atoms with E-state index in [-0.39, 0.29) is 23.0 Å². The highest BCUT2D eigenvalue weighted by atomic mass is 32.2. The fourth-order valence-corrected chi connectivity index (χ4v) is 8.19. The van der Waals surface area contributed by atoms with E-state index in [0.717, 1.165) is 41.4 Å². The van der Waals surface area contributed by atoms with E-state index in [2.05, 4.69) is 54.3 Å². The quantitative estimate of drug-likeness (QED) is 0.276. The number of aryl methyl sites for hydroxylation is 1. The summed E-state index contributed by atoms with van der Waals surface area (Å²) in [6.45, 7) is 4.06. The predicted molar refractivity (Wildman–Crippen MR) is 131 cm³/mol. The molecule has 0 bridgehead atoms. The largest absolute Gasteiger partial charge is 0.508 e. The molecule has 3 aliphatic carbocycles. The minimum absolute atomic E-state index is 0.0686. The summed E-state index contributed by atoms with van der Waals surface area (Å²) in [7, 11) is 0. The van der Waals surface area contributed by atoms with E-state index in [4.69, 9.17) is 12.2 Å². The van der Waals surface area contributed by atoms with Gasteiger partial charge in [-0.3, -0.25) is 0 Å². The number of benzene rings is 3. The minimum Gasteiger partial charge on any atom is -0.508 e. The van der Waals surface area contributed by atoms with E-state index in [9.17, 15) is 10.2 Å². The molecule has 1 spiro atoms. The van der Waals surface area contributed by atoms with Crippen molar-refractivity contribution in [3.8, 4) is 11.5 Å². The number of fused-ring (bicyclic) bond motifs is 7. The van der Waals surface area contributed by atoms with Crippen molar-refractivity contribution in [1.82, 2.24) is 4.90 Å². The third-order valence-corrected chi connectivity index (χ3v) is 9.53. The molecule has 32 heavy (non-hydrogen) atoms. The van der Waals surface area contributed by atoms with Gasteiger partial charge in [0, 0.05) is 41.5 Å². The van der Waals surface area contributed by atoms with Crippen LogP contribution in [0, 0.1) is 6.92 Å².